The summed E-state index contributed by atoms with van der Waals surface area (Å²) in [5.74, 6) is -0.602. The van der Waals surface area contributed by atoms with E-state index in [1.807, 2.05) is 30.3 Å². The smallest absolute Gasteiger partial charge is 0.408 e. The molecule has 1 aliphatic carbocycles. The van der Waals surface area contributed by atoms with E-state index in [9.17, 15) is 19.2 Å². The Balaban J connectivity index is 1.61. The lowest BCUT2D eigenvalue weighted by Crippen LogP contribution is -2.52. The number of rotatable bonds is 10. The first kappa shape index (κ1) is 25.1. The van der Waals surface area contributed by atoms with Crippen molar-refractivity contribution < 1.29 is 23.9 Å². The Kier molecular flexibility index (Phi) is 9.60. The van der Waals surface area contributed by atoms with Crippen LogP contribution in [0, 0.1) is 11.8 Å². The molecule has 1 saturated heterocycles. The van der Waals surface area contributed by atoms with Gasteiger partial charge in [-0.3, -0.25) is 14.4 Å². The second-order valence-corrected chi connectivity index (χ2v) is 9.35. The van der Waals surface area contributed by atoms with E-state index in [4.69, 9.17) is 4.74 Å². The van der Waals surface area contributed by atoms with Gasteiger partial charge in [-0.25, -0.2) is 4.79 Å². The third-order valence-corrected chi connectivity index (χ3v) is 6.72. The van der Waals surface area contributed by atoms with Crippen LogP contribution in [0.3, 0.4) is 0 Å². The van der Waals surface area contributed by atoms with Crippen molar-refractivity contribution >= 4 is 35.7 Å². The fourth-order valence-electron chi connectivity index (χ4n) is 4.54. The van der Waals surface area contributed by atoms with Crippen molar-refractivity contribution in [3.8, 4) is 0 Å². The summed E-state index contributed by atoms with van der Waals surface area (Å²) >= 11 is 3.92. The normalized spacial score (nSPS) is 20.4. The molecule has 1 saturated carbocycles. The van der Waals surface area contributed by atoms with Gasteiger partial charge in [0.2, 0.25) is 16.9 Å². The SMILES string of the molecule is O=C(N[C@@H](CC1CCCCC1)C(=O)N[C@@H](C[C@@H]1CCNC1=O)C(=O)S)OCc1ccccc1. The molecule has 3 amide bonds. The molecule has 0 aromatic heterocycles. The van der Waals surface area contributed by atoms with Gasteiger partial charge in [0.15, 0.2) is 0 Å². The van der Waals surface area contributed by atoms with E-state index >= 15 is 0 Å². The van der Waals surface area contributed by atoms with Crippen LogP contribution in [0.1, 0.15) is 56.9 Å². The van der Waals surface area contributed by atoms with Crippen LogP contribution in [0.25, 0.3) is 0 Å². The Morgan fingerprint density at radius 3 is 2.36 bits per heavy atom. The highest BCUT2D eigenvalue weighted by Gasteiger charge is 2.33. The van der Waals surface area contributed by atoms with Crippen molar-refractivity contribution in [3.63, 3.8) is 0 Å². The van der Waals surface area contributed by atoms with Crippen LogP contribution in [-0.4, -0.2) is 41.7 Å². The minimum Gasteiger partial charge on any atom is -0.445 e. The molecule has 3 N–H and O–H groups in total. The number of alkyl carbamates (subject to hydrolysis) is 1. The fourth-order valence-corrected chi connectivity index (χ4v) is 4.71. The summed E-state index contributed by atoms with van der Waals surface area (Å²) in [6.07, 6.45) is 5.99. The molecule has 1 aromatic carbocycles. The first-order valence-electron chi connectivity index (χ1n) is 11.7. The van der Waals surface area contributed by atoms with Crippen molar-refractivity contribution in [2.75, 3.05) is 6.54 Å². The monoisotopic (exact) mass is 475 g/mol. The van der Waals surface area contributed by atoms with E-state index in [-0.39, 0.29) is 24.9 Å². The Hall–Kier alpha value is -2.55. The third-order valence-electron chi connectivity index (χ3n) is 6.41. The Morgan fingerprint density at radius 2 is 1.73 bits per heavy atom. The molecule has 0 unspecified atom stereocenters. The highest BCUT2D eigenvalue weighted by atomic mass is 32.1. The van der Waals surface area contributed by atoms with E-state index in [2.05, 4.69) is 28.6 Å². The van der Waals surface area contributed by atoms with Crippen LogP contribution in [0.15, 0.2) is 30.3 Å². The molecule has 9 heteroatoms. The minimum atomic E-state index is -0.898. The van der Waals surface area contributed by atoms with Gasteiger partial charge in [0.1, 0.15) is 12.6 Å². The van der Waals surface area contributed by atoms with Crippen LogP contribution < -0.4 is 16.0 Å². The number of carbonyl (C=O) groups is 4. The van der Waals surface area contributed by atoms with Crippen LogP contribution >= 0.6 is 12.6 Å². The van der Waals surface area contributed by atoms with Gasteiger partial charge in [-0.1, -0.05) is 62.4 Å². The number of carbonyl (C=O) groups excluding carboxylic acids is 4. The van der Waals surface area contributed by atoms with Gasteiger partial charge in [0, 0.05) is 12.5 Å². The van der Waals surface area contributed by atoms with Crippen molar-refractivity contribution in [2.24, 2.45) is 11.8 Å². The zero-order valence-electron chi connectivity index (χ0n) is 18.8. The first-order valence-corrected chi connectivity index (χ1v) is 12.1. The Labute approximate surface area is 200 Å². The largest absolute Gasteiger partial charge is 0.445 e. The molecule has 2 fully saturated rings. The lowest BCUT2D eigenvalue weighted by atomic mass is 9.84. The molecule has 1 aromatic rings. The highest BCUT2D eigenvalue weighted by Crippen LogP contribution is 2.27. The van der Waals surface area contributed by atoms with Crippen molar-refractivity contribution in [3.05, 3.63) is 35.9 Å². The standard InChI is InChI=1S/C24H33N3O5S/c28-21-18(11-12-25-21)14-20(23(30)33)26-22(29)19(13-16-7-3-1-4-8-16)27-24(31)32-15-17-9-5-2-6-10-17/h2,5-6,9-10,16,18-20H,1,3-4,7-8,11-15H2,(H,25,28)(H,26,29)(H,27,31)(H,30,33)/t18-,19-,20-/m0/s1. The van der Waals surface area contributed by atoms with Gasteiger partial charge in [0.25, 0.3) is 0 Å². The van der Waals surface area contributed by atoms with E-state index in [1.54, 1.807) is 0 Å². The van der Waals surface area contributed by atoms with Crippen LogP contribution in [0.2, 0.25) is 0 Å². The average molecular weight is 476 g/mol. The van der Waals surface area contributed by atoms with Gasteiger partial charge in [-0.15, -0.1) is 12.6 Å². The maximum absolute atomic E-state index is 13.1. The molecule has 2 aliphatic rings. The molecule has 180 valence electrons. The minimum absolute atomic E-state index is 0.0962. The molecule has 1 aliphatic heterocycles. The zero-order valence-corrected chi connectivity index (χ0v) is 19.7. The number of benzene rings is 1. The molecule has 3 rings (SSSR count). The lowest BCUT2D eigenvalue weighted by molar-refractivity contribution is -0.128. The van der Waals surface area contributed by atoms with E-state index in [1.165, 1.54) is 6.42 Å². The van der Waals surface area contributed by atoms with Gasteiger partial charge >= 0.3 is 6.09 Å². The second-order valence-electron chi connectivity index (χ2n) is 8.91. The number of thiol groups is 1. The second kappa shape index (κ2) is 12.6. The Morgan fingerprint density at radius 1 is 1.00 bits per heavy atom. The number of amides is 3. The quantitative estimate of drug-likeness (QED) is 0.389. The zero-order chi connectivity index (χ0) is 23.6. The van der Waals surface area contributed by atoms with Crippen molar-refractivity contribution in [2.45, 2.75) is 70.1 Å². The van der Waals surface area contributed by atoms with Crippen LogP contribution in [0.5, 0.6) is 0 Å². The number of nitrogens with one attached hydrogen (secondary N) is 3. The Bertz CT molecular complexity index is 829. The summed E-state index contributed by atoms with van der Waals surface area (Å²) in [4.78, 5) is 49.6. The van der Waals surface area contributed by atoms with E-state index in [0.717, 1.165) is 31.2 Å². The van der Waals surface area contributed by atoms with Crippen molar-refractivity contribution in [1.29, 1.82) is 0 Å². The molecule has 0 spiro atoms. The molecule has 33 heavy (non-hydrogen) atoms. The first-order chi connectivity index (χ1) is 15.9. The molecular formula is C24H33N3O5S. The lowest BCUT2D eigenvalue weighted by Gasteiger charge is -2.28. The van der Waals surface area contributed by atoms with Gasteiger partial charge in [-0.2, -0.15) is 0 Å². The summed E-state index contributed by atoms with van der Waals surface area (Å²) in [7, 11) is 0. The molecular weight excluding hydrogens is 442 g/mol. The molecule has 8 nitrogen and oxygen atoms in total. The van der Waals surface area contributed by atoms with E-state index in [0.29, 0.717) is 25.3 Å². The van der Waals surface area contributed by atoms with Crippen molar-refractivity contribution in [1.82, 2.24) is 16.0 Å². The maximum Gasteiger partial charge on any atom is 0.408 e. The molecule has 3 atom stereocenters. The molecule has 0 radical (unpaired) electrons. The predicted molar refractivity (Wildman–Crippen MR) is 126 cm³/mol. The molecule has 1 heterocycles. The highest BCUT2D eigenvalue weighted by molar-refractivity contribution is 7.96. The van der Waals surface area contributed by atoms with Crippen LogP contribution in [-0.2, 0) is 25.7 Å². The third kappa shape index (κ3) is 8.07. The summed E-state index contributed by atoms with van der Waals surface area (Å²) in [6, 6.07) is 7.56. The van der Waals surface area contributed by atoms with Gasteiger partial charge in [0.05, 0.1) is 6.04 Å². The summed E-state index contributed by atoms with van der Waals surface area (Å²) in [5, 5.41) is 7.64. The van der Waals surface area contributed by atoms with Gasteiger partial charge < -0.3 is 20.7 Å². The number of hydrogen-bond donors (Lipinski definition) is 4. The number of hydrogen-bond acceptors (Lipinski definition) is 5. The fraction of sp³-hybridized carbons (Fsp3) is 0.583. The molecule has 0 bridgehead atoms. The summed E-state index contributed by atoms with van der Waals surface area (Å²) < 4.78 is 5.31. The summed E-state index contributed by atoms with van der Waals surface area (Å²) in [6.45, 7) is 0.656. The van der Waals surface area contributed by atoms with Gasteiger partial charge in [-0.05, 0) is 30.7 Å². The number of ether oxygens (including phenoxy) is 1. The summed E-state index contributed by atoms with van der Waals surface area (Å²) in [5.41, 5.74) is 0.844. The predicted octanol–water partition coefficient (Wildman–Crippen LogP) is 2.72. The van der Waals surface area contributed by atoms with E-state index < -0.39 is 29.2 Å². The maximum atomic E-state index is 13.1. The van der Waals surface area contributed by atoms with Crippen LogP contribution in [0.4, 0.5) is 4.79 Å². The average Bonchev–Trinajstić information content (AvgIpc) is 3.22. The topological polar surface area (TPSA) is 114 Å².